The highest BCUT2D eigenvalue weighted by molar-refractivity contribution is 7.92. The van der Waals surface area contributed by atoms with Crippen LogP contribution in [-0.2, 0) is 25.7 Å². The van der Waals surface area contributed by atoms with Crippen LogP contribution in [0, 0.1) is 5.92 Å². The zero-order valence-corrected chi connectivity index (χ0v) is 16.8. The molecular weight excluding hydrogens is 403 g/mol. The van der Waals surface area contributed by atoms with E-state index in [0.717, 1.165) is 30.5 Å². The monoisotopic (exact) mass is 425 g/mol. The maximum absolute atomic E-state index is 13.6. The van der Waals surface area contributed by atoms with Gasteiger partial charge in [-0.2, -0.15) is 13.2 Å². The number of aromatic nitrogens is 1. The molecular formula is C21H22F3NO3S. The zero-order chi connectivity index (χ0) is 20.9. The van der Waals surface area contributed by atoms with E-state index < -0.39 is 31.4 Å². The summed E-state index contributed by atoms with van der Waals surface area (Å²) in [5.74, 6) is 0.480. The molecule has 0 N–H and O–H groups in total. The van der Waals surface area contributed by atoms with E-state index in [1.54, 1.807) is 12.3 Å². The van der Waals surface area contributed by atoms with Crippen LogP contribution in [0.1, 0.15) is 55.3 Å². The maximum Gasteiger partial charge on any atom is 0.416 e. The minimum Gasteiger partial charge on any atom is -0.353 e. The Morgan fingerprint density at radius 2 is 1.90 bits per heavy atom. The summed E-state index contributed by atoms with van der Waals surface area (Å²) in [5.41, 5.74) is 0.268. The van der Waals surface area contributed by atoms with E-state index in [1.165, 1.54) is 6.07 Å². The van der Waals surface area contributed by atoms with Crippen LogP contribution in [0.3, 0.4) is 0 Å². The first-order valence-electron chi connectivity index (χ1n) is 9.66. The molecule has 2 aliphatic rings. The topological polar surface area (TPSA) is 56.3 Å². The van der Waals surface area contributed by atoms with Crippen LogP contribution in [0.2, 0.25) is 0 Å². The average Bonchev–Trinajstić information content (AvgIpc) is 3.53. The number of sulfone groups is 1. The SMILES string of the molecule is CC1CCOC(c2ccc(C3CC3)cn2)(S(=O)(=O)c2cccc(C(F)(F)F)c2)C1. The minimum atomic E-state index is -4.64. The summed E-state index contributed by atoms with van der Waals surface area (Å²) in [6.45, 7) is 2.11. The molecule has 2 heterocycles. The van der Waals surface area contributed by atoms with Crippen molar-refractivity contribution in [1.29, 1.82) is 0 Å². The van der Waals surface area contributed by atoms with Crippen LogP contribution >= 0.6 is 0 Å². The van der Waals surface area contributed by atoms with E-state index in [0.29, 0.717) is 18.4 Å². The summed E-state index contributed by atoms with van der Waals surface area (Å²) in [6.07, 6.45) is 0.0223. The van der Waals surface area contributed by atoms with E-state index in [-0.39, 0.29) is 24.6 Å². The molecule has 29 heavy (non-hydrogen) atoms. The summed E-state index contributed by atoms with van der Waals surface area (Å²) < 4.78 is 72.6. The fraction of sp³-hybridized carbons (Fsp3) is 0.476. The second kappa shape index (κ2) is 7.09. The van der Waals surface area contributed by atoms with Gasteiger partial charge in [-0.1, -0.05) is 19.1 Å². The molecule has 0 radical (unpaired) electrons. The number of hydrogen-bond donors (Lipinski definition) is 0. The van der Waals surface area contributed by atoms with Crippen molar-refractivity contribution in [3.05, 3.63) is 59.4 Å². The van der Waals surface area contributed by atoms with Gasteiger partial charge in [0.15, 0.2) is 0 Å². The molecule has 0 bridgehead atoms. The smallest absolute Gasteiger partial charge is 0.353 e. The average molecular weight is 425 g/mol. The first-order valence-corrected chi connectivity index (χ1v) is 11.1. The normalized spacial score (nSPS) is 25.7. The molecule has 4 rings (SSSR count). The van der Waals surface area contributed by atoms with Crippen molar-refractivity contribution in [2.45, 2.75) is 54.5 Å². The van der Waals surface area contributed by atoms with Gasteiger partial charge in [0, 0.05) is 12.8 Å². The van der Waals surface area contributed by atoms with Gasteiger partial charge in [0.25, 0.3) is 0 Å². The molecule has 1 aromatic heterocycles. The Morgan fingerprint density at radius 3 is 2.48 bits per heavy atom. The predicted octanol–water partition coefficient (Wildman–Crippen LogP) is 5.05. The fourth-order valence-corrected chi connectivity index (χ4v) is 5.93. The molecule has 2 unspecified atom stereocenters. The van der Waals surface area contributed by atoms with Gasteiger partial charge in [-0.05, 0) is 67.3 Å². The first-order chi connectivity index (χ1) is 13.6. The van der Waals surface area contributed by atoms with Crippen LogP contribution in [0.25, 0.3) is 0 Å². The minimum absolute atomic E-state index is 0.0224. The molecule has 0 amide bonds. The third-order valence-electron chi connectivity index (χ3n) is 5.69. The van der Waals surface area contributed by atoms with Crippen LogP contribution < -0.4 is 0 Å². The Labute approximate surface area is 168 Å². The van der Waals surface area contributed by atoms with E-state index in [2.05, 4.69) is 4.98 Å². The lowest BCUT2D eigenvalue weighted by atomic mass is 9.95. The highest BCUT2D eigenvalue weighted by Crippen LogP contribution is 2.46. The zero-order valence-electron chi connectivity index (χ0n) is 15.9. The Kier molecular flexibility index (Phi) is 4.98. The van der Waals surface area contributed by atoms with Crippen molar-refractivity contribution >= 4 is 9.84 Å². The van der Waals surface area contributed by atoms with Gasteiger partial charge >= 0.3 is 6.18 Å². The van der Waals surface area contributed by atoms with E-state index in [4.69, 9.17) is 4.74 Å². The number of rotatable bonds is 4. The van der Waals surface area contributed by atoms with E-state index in [9.17, 15) is 21.6 Å². The molecule has 4 nitrogen and oxygen atoms in total. The van der Waals surface area contributed by atoms with Gasteiger partial charge in [-0.15, -0.1) is 0 Å². The van der Waals surface area contributed by atoms with E-state index in [1.807, 2.05) is 13.0 Å². The number of nitrogens with zero attached hydrogens (tertiary/aromatic N) is 1. The third-order valence-corrected chi connectivity index (χ3v) is 7.93. The van der Waals surface area contributed by atoms with Crippen molar-refractivity contribution in [1.82, 2.24) is 4.98 Å². The van der Waals surface area contributed by atoms with Crippen LogP contribution in [-0.4, -0.2) is 20.0 Å². The lowest BCUT2D eigenvalue weighted by Crippen LogP contribution is -2.44. The highest BCUT2D eigenvalue weighted by atomic mass is 32.2. The number of benzene rings is 1. The Balaban J connectivity index is 1.82. The second-order valence-corrected chi connectivity index (χ2v) is 10.1. The summed E-state index contributed by atoms with van der Waals surface area (Å²) in [6, 6.07) is 7.34. The standard InChI is InChI=1S/C21H22F3NO3S/c1-14-9-10-28-20(12-14,19-8-7-16(13-25-19)15-5-6-15)29(26,27)18-4-2-3-17(11-18)21(22,23)24/h2-4,7-8,11,13-15H,5-6,9-10,12H2,1H3. The maximum atomic E-state index is 13.6. The number of hydrogen-bond acceptors (Lipinski definition) is 4. The van der Waals surface area contributed by atoms with Crippen molar-refractivity contribution in [2.75, 3.05) is 6.61 Å². The van der Waals surface area contributed by atoms with Gasteiger partial charge in [0.05, 0.1) is 16.2 Å². The second-order valence-electron chi connectivity index (χ2n) is 7.98. The Bertz CT molecular complexity index is 1000. The number of alkyl halides is 3. The highest BCUT2D eigenvalue weighted by Gasteiger charge is 2.52. The molecule has 2 aromatic rings. The van der Waals surface area contributed by atoms with Crippen LogP contribution in [0.4, 0.5) is 13.2 Å². The lowest BCUT2D eigenvalue weighted by molar-refractivity contribution is -0.137. The molecule has 1 saturated carbocycles. The Hall–Kier alpha value is -1.93. The van der Waals surface area contributed by atoms with E-state index >= 15 is 0 Å². The largest absolute Gasteiger partial charge is 0.416 e. The molecule has 2 atom stereocenters. The summed E-state index contributed by atoms with van der Waals surface area (Å²) in [7, 11) is -4.29. The predicted molar refractivity (Wildman–Crippen MR) is 101 cm³/mol. The van der Waals surface area contributed by atoms with Crippen LogP contribution in [0.15, 0.2) is 47.5 Å². The summed E-state index contributed by atoms with van der Waals surface area (Å²) in [5, 5.41) is 0. The molecule has 2 fully saturated rings. The number of pyridine rings is 1. The molecule has 156 valence electrons. The van der Waals surface area contributed by atoms with Crippen molar-refractivity contribution in [2.24, 2.45) is 5.92 Å². The first kappa shape index (κ1) is 20.3. The number of halogens is 3. The third kappa shape index (κ3) is 3.68. The van der Waals surface area contributed by atoms with Crippen LogP contribution in [0.5, 0.6) is 0 Å². The Morgan fingerprint density at radius 1 is 1.14 bits per heavy atom. The molecule has 1 aliphatic carbocycles. The van der Waals surface area contributed by atoms with Gasteiger partial charge in [0.1, 0.15) is 0 Å². The van der Waals surface area contributed by atoms with Crippen molar-refractivity contribution in [3.8, 4) is 0 Å². The molecule has 1 aliphatic heterocycles. The molecule has 1 saturated heterocycles. The van der Waals surface area contributed by atoms with Crippen molar-refractivity contribution < 1.29 is 26.3 Å². The van der Waals surface area contributed by atoms with Gasteiger partial charge in [-0.3, -0.25) is 4.98 Å². The van der Waals surface area contributed by atoms with Gasteiger partial charge < -0.3 is 4.74 Å². The van der Waals surface area contributed by atoms with Crippen molar-refractivity contribution in [3.63, 3.8) is 0 Å². The molecule has 0 spiro atoms. The van der Waals surface area contributed by atoms with Gasteiger partial charge in [0.2, 0.25) is 14.8 Å². The molecule has 1 aromatic carbocycles. The van der Waals surface area contributed by atoms with Gasteiger partial charge in [-0.25, -0.2) is 8.42 Å². The summed E-state index contributed by atoms with van der Waals surface area (Å²) >= 11 is 0. The lowest BCUT2D eigenvalue weighted by Gasteiger charge is -2.39. The summed E-state index contributed by atoms with van der Waals surface area (Å²) in [4.78, 5) is 2.20. The quantitative estimate of drug-likeness (QED) is 0.688. The fourth-order valence-electron chi connectivity index (χ4n) is 3.87. The number of ether oxygens (including phenoxy) is 1. The molecule has 8 heteroatoms.